The van der Waals surface area contributed by atoms with Gasteiger partial charge in [0.2, 0.25) is 0 Å². The molecule has 1 N–H and O–H groups in total. The fourth-order valence-corrected chi connectivity index (χ4v) is 3.82. The smallest absolute Gasteiger partial charge is 0.315 e. The standard InChI is InChI=1S/C25H22N2O3/c1-2-18-13-15-19(16-14-18)22(28)17-27-23(29)25(26-24(27)30,20-9-5-3-6-10-20)21-11-7-4-8-12-21/h3-16H,2,17H2,1H3,(H,26,30). The van der Waals surface area contributed by atoms with Crippen LogP contribution in [0.5, 0.6) is 0 Å². The summed E-state index contributed by atoms with van der Waals surface area (Å²) in [6, 6.07) is 24.9. The molecule has 4 rings (SSSR count). The van der Waals surface area contributed by atoms with Crippen molar-refractivity contribution in [3.63, 3.8) is 0 Å². The molecule has 0 bridgehead atoms. The number of imide groups is 1. The Bertz CT molecular complexity index is 1040. The number of aryl methyl sites for hydroxylation is 1. The van der Waals surface area contributed by atoms with Gasteiger partial charge in [0.25, 0.3) is 5.91 Å². The molecule has 3 aromatic rings. The number of benzene rings is 3. The molecule has 150 valence electrons. The van der Waals surface area contributed by atoms with E-state index >= 15 is 0 Å². The predicted molar refractivity (Wildman–Crippen MR) is 114 cm³/mol. The van der Waals surface area contributed by atoms with Gasteiger partial charge in [-0.1, -0.05) is 91.9 Å². The summed E-state index contributed by atoms with van der Waals surface area (Å²) in [7, 11) is 0. The summed E-state index contributed by atoms with van der Waals surface area (Å²) in [5.74, 6) is -0.735. The molecule has 0 radical (unpaired) electrons. The van der Waals surface area contributed by atoms with Gasteiger partial charge in [0, 0.05) is 5.56 Å². The Morgan fingerprint density at radius 3 is 1.87 bits per heavy atom. The Balaban J connectivity index is 1.69. The lowest BCUT2D eigenvalue weighted by atomic mass is 9.82. The maximum Gasteiger partial charge on any atom is 0.325 e. The lowest BCUT2D eigenvalue weighted by Crippen LogP contribution is -2.45. The minimum absolute atomic E-state index is 0.280. The minimum atomic E-state index is -1.36. The van der Waals surface area contributed by atoms with Crippen molar-refractivity contribution in [2.45, 2.75) is 18.9 Å². The van der Waals surface area contributed by atoms with Gasteiger partial charge in [-0.05, 0) is 23.1 Å². The van der Waals surface area contributed by atoms with E-state index in [1.54, 1.807) is 36.4 Å². The third-order valence-corrected chi connectivity index (χ3v) is 5.51. The van der Waals surface area contributed by atoms with Gasteiger partial charge >= 0.3 is 6.03 Å². The number of urea groups is 1. The van der Waals surface area contributed by atoms with Crippen LogP contribution in [0.15, 0.2) is 84.9 Å². The highest BCUT2D eigenvalue weighted by atomic mass is 16.2. The van der Waals surface area contributed by atoms with Crippen LogP contribution in [-0.4, -0.2) is 29.2 Å². The molecule has 5 heteroatoms. The summed E-state index contributed by atoms with van der Waals surface area (Å²) in [4.78, 5) is 40.3. The van der Waals surface area contributed by atoms with Crippen molar-refractivity contribution in [3.8, 4) is 0 Å². The van der Waals surface area contributed by atoms with E-state index in [4.69, 9.17) is 0 Å². The van der Waals surface area contributed by atoms with Gasteiger partial charge in [-0.15, -0.1) is 0 Å². The van der Waals surface area contributed by atoms with E-state index in [9.17, 15) is 14.4 Å². The van der Waals surface area contributed by atoms with E-state index in [0.29, 0.717) is 16.7 Å². The van der Waals surface area contributed by atoms with E-state index < -0.39 is 17.5 Å². The lowest BCUT2D eigenvalue weighted by molar-refractivity contribution is -0.129. The van der Waals surface area contributed by atoms with Gasteiger partial charge < -0.3 is 5.32 Å². The summed E-state index contributed by atoms with van der Waals surface area (Å²) in [6.45, 7) is 1.73. The second-order valence-corrected chi connectivity index (χ2v) is 7.28. The van der Waals surface area contributed by atoms with Crippen LogP contribution in [0.4, 0.5) is 4.79 Å². The molecule has 3 amide bonds. The molecule has 5 nitrogen and oxygen atoms in total. The van der Waals surface area contributed by atoms with Crippen LogP contribution in [0.1, 0.15) is 34.0 Å². The number of Topliss-reactive ketones (excluding diaryl/α,β-unsaturated/α-hetero) is 1. The van der Waals surface area contributed by atoms with Crippen LogP contribution >= 0.6 is 0 Å². The molecule has 0 aliphatic carbocycles. The molecule has 1 saturated heterocycles. The van der Waals surface area contributed by atoms with Crippen molar-refractivity contribution < 1.29 is 14.4 Å². The maximum atomic E-state index is 13.6. The third kappa shape index (κ3) is 3.28. The fourth-order valence-electron chi connectivity index (χ4n) is 3.82. The molecule has 1 heterocycles. The topological polar surface area (TPSA) is 66.5 Å². The molecule has 0 atom stereocenters. The minimum Gasteiger partial charge on any atom is -0.315 e. The van der Waals surface area contributed by atoms with Crippen molar-refractivity contribution in [2.75, 3.05) is 6.54 Å². The number of ketones is 1. The zero-order chi connectivity index (χ0) is 21.1. The largest absolute Gasteiger partial charge is 0.325 e. The van der Waals surface area contributed by atoms with Crippen molar-refractivity contribution in [2.24, 2.45) is 0 Å². The summed E-state index contributed by atoms with van der Waals surface area (Å²) in [5, 5.41) is 2.86. The lowest BCUT2D eigenvalue weighted by Gasteiger charge is -2.28. The normalized spacial score (nSPS) is 15.2. The Morgan fingerprint density at radius 2 is 1.37 bits per heavy atom. The second kappa shape index (κ2) is 7.95. The first kappa shape index (κ1) is 19.6. The van der Waals surface area contributed by atoms with Crippen molar-refractivity contribution in [3.05, 3.63) is 107 Å². The number of carbonyl (C=O) groups is 3. The first-order valence-corrected chi connectivity index (χ1v) is 9.93. The predicted octanol–water partition coefficient (Wildman–Crippen LogP) is 3.93. The molecule has 1 fully saturated rings. The summed E-state index contributed by atoms with van der Waals surface area (Å²) in [5.41, 5.74) is 1.54. The van der Waals surface area contributed by atoms with E-state index in [1.165, 1.54) is 0 Å². The SMILES string of the molecule is CCc1ccc(C(=O)CN2C(=O)NC(c3ccccc3)(c3ccccc3)C2=O)cc1. The zero-order valence-corrected chi connectivity index (χ0v) is 16.7. The van der Waals surface area contributed by atoms with Crippen LogP contribution in [0.3, 0.4) is 0 Å². The van der Waals surface area contributed by atoms with Crippen molar-refractivity contribution in [1.82, 2.24) is 10.2 Å². The molecular formula is C25H22N2O3. The fraction of sp³-hybridized carbons (Fsp3) is 0.160. The number of amides is 3. The van der Waals surface area contributed by atoms with Gasteiger partial charge in [0.05, 0.1) is 6.54 Å². The van der Waals surface area contributed by atoms with E-state index in [-0.39, 0.29) is 12.3 Å². The number of rotatable bonds is 6. The highest BCUT2D eigenvalue weighted by Crippen LogP contribution is 2.36. The third-order valence-electron chi connectivity index (χ3n) is 5.51. The Kier molecular flexibility index (Phi) is 5.19. The molecule has 0 unspecified atom stereocenters. The van der Waals surface area contributed by atoms with Gasteiger partial charge in [-0.2, -0.15) is 0 Å². The molecular weight excluding hydrogens is 376 g/mol. The van der Waals surface area contributed by atoms with Gasteiger partial charge in [0.15, 0.2) is 11.3 Å². The van der Waals surface area contributed by atoms with Gasteiger partial charge in [-0.3, -0.25) is 14.5 Å². The van der Waals surface area contributed by atoms with Gasteiger partial charge in [-0.25, -0.2) is 4.79 Å². The molecule has 1 aliphatic rings. The highest BCUT2D eigenvalue weighted by Gasteiger charge is 2.53. The summed E-state index contributed by atoms with van der Waals surface area (Å²) >= 11 is 0. The first-order chi connectivity index (χ1) is 14.6. The van der Waals surface area contributed by atoms with Gasteiger partial charge in [0.1, 0.15) is 0 Å². The summed E-state index contributed by atoms with van der Waals surface area (Å²) < 4.78 is 0. The Hall–Kier alpha value is -3.73. The van der Waals surface area contributed by atoms with E-state index in [0.717, 1.165) is 16.9 Å². The van der Waals surface area contributed by atoms with Crippen LogP contribution in [0.2, 0.25) is 0 Å². The molecule has 3 aromatic carbocycles. The van der Waals surface area contributed by atoms with Crippen LogP contribution < -0.4 is 5.32 Å². The highest BCUT2D eigenvalue weighted by molar-refractivity contribution is 6.13. The molecule has 0 saturated carbocycles. The Labute approximate surface area is 175 Å². The molecule has 0 aromatic heterocycles. The number of nitrogens with zero attached hydrogens (tertiary/aromatic N) is 1. The number of hydrogen-bond acceptors (Lipinski definition) is 3. The quantitative estimate of drug-likeness (QED) is 0.505. The van der Waals surface area contributed by atoms with Crippen LogP contribution in [-0.2, 0) is 16.8 Å². The van der Waals surface area contributed by atoms with Crippen molar-refractivity contribution >= 4 is 17.7 Å². The average Bonchev–Trinajstić information content (AvgIpc) is 3.06. The molecule has 0 spiro atoms. The van der Waals surface area contributed by atoms with Crippen LogP contribution in [0, 0.1) is 0 Å². The number of hydrogen-bond donors (Lipinski definition) is 1. The number of carbonyl (C=O) groups excluding carboxylic acids is 3. The van der Waals surface area contributed by atoms with E-state index in [1.807, 2.05) is 55.5 Å². The van der Waals surface area contributed by atoms with Crippen molar-refractivity contribution in [1.29, 1.82) is 0 Å². The van der Waals surface area contributed by atoms with Crippen LogP contribution in [0.25, 0.3) is 0 Å². The van der Waals surface area contributed by atoms with E-state index in [2.05, 4.69) is 5.32 Å². The first-order valence-electron chi connectivity index (χ1n) is 9.93. The summed E-state index contributed by atoms with van der Waals surface area (Å²) in [6.07, 6.45) is 0.873. The zero-order valence-electron chi connectivity index (χ0n) is 16.7. The molecule has 30 heavy (non-hydrogen) atoms. The monoisotopic (exact) mass is 398 g/mol. The Morgan fingerprint density at radius 1 is 0.833 bits per heavy atom. The number of nitrogens with one attached hydrogen (secondary N) is 1. The second-order valence-electron chi connectivity index (χ2n) is 7.28. The maximum absolute atomic E-state index is 13.6. The molecule has 1 aliphatic heterocycles. The average molecular weight is 398 g/mol.